The maximum Gasteiger partial charge on any atom is 0.110 e. The maximum absolute atomic E-state index is 8.91. The topological polar surface area (TPSA) is 32.8 Å². The quantitative estimate of drug-likeness (QED) is 0.431. The number of rotatable bonds is 0. The van der Waals surface area contributed by atoms with Crippen molar-refractivity contribution < 1.29 is 9.84 Å². The zero-order valence-corrected chi connectivity index (χ0v) is 4.00. The van der Waals surface area contributed by atoms with Gasteiger partial charge in [0.1, 0.15) is 6.10 Å². The number of fused-ring (bicyclic) bond motifs is 1. The highest BCUT2D eigenvalue weighted by Gasteiger charge is 2.49. The minimum Gasteiger partial charge on any atom is -0.390 e. The lowest BCUT2D eigenvalue weighted by Crippen LogP contribution is -2.08. The molecule has 1 N–H and O–H groups in total. The molecule has 1 saturated carbocycles. The third kappa shape index (κ3) is 0.409. The molecule has 1 saturated heterocycles. The molecule has 0 spiro atoms. The smallest absolute Gasteiger partial charge is 0.110 e. The summed E-state index contributed by atoms with van der Waals surface area (Å²) in [7, 11) is 0. The molecule has 0 bridgehead atoms. The van der Waals surface area contributed by atoms with Crippen molar-refractivity contribution >= 4 is 0 Å². The van der Waals surface area contributed by atoms with Gasteiger partial charge in [0, 0.05) is 0 Å². The van der Waals surface area contributed by atoms with E-state index in [1.54, 1.807) is 0 Å². The fourth-order valence-electron chi connectivity index (χ4n) is 1.23. The first-order valence-electron chi connectivity index (χ1n) is 2.71. The Hall–Kier alpha value is -0.0800. The third-order valence-electron chi connectivity index (χ3n) is 1.75. The Kier molecular flexibility index (Phi) is 0.557. The maximum atomic E-state index is 8.91. The van der Waals surface area contributed by atoms with Crippen molar-refractivity contribution in [2.75, 3.05) is 0 Å². The number of hydrogen-bond acceptors (Lipinski definition) is 2. The molecule has 2 fully saturated rings. The van der Waals surface area contributed by atoms with E-state index in [2.05, 4.69) is 0 Å². The molecule has 1 aliphatic heterocycles. The normalized spacial score (nSPS) is 57.0. The molecule has 0 radical (unpaired) electrons. The van der Waals surface area contributed by atoms with Gasteiger partial charge in [-0.05, 0) is 12.8 Å². The van der Waals surface area contributed by atoms with Crippen molar-refractivity contribution in [2.24, 2.45) is 0 Å². The molecule has 2 nitrogen and oxygen atoms in total. The van der Waals surface area contributed by atoms with Crippen LogP contribution in [0, 0.1) is 0 Å². The highest BCUT2D eigenvalue weighted by atomic mass is 16.6. The summed E-state index contributed by atoms with van der Waals surface area (Å²) < 4.78 is 5.02. The predicted octanol–water partition coefficient (Wildman–Crippen LogP) is -0.0915. The molecule has 1 heterocycles. The van der Waals surface area contributed by atoms with E-state index in [0.29, 0.717) is 6.10 Å². The lowest BCUT2D eigenvalue weighted by Gasteiger charge is -1.96. The zero-order valence-electron chi connectivity index (χ0n) is 4.00. The van der Waals surface area contributed by atoms with Crippen LogP contribution in [0.2, 0.25) is 0 Å². The fourth-order valence-corrected chi connectivity index (χ4v) is 1.23. The van der Waals surface area contributed by atoms with E-state index >= 15 is 0 Å². The average molecular weight is 100 g/mol. The van der Waals surface area contributed by atoms with Crippen LogP contribution in [-0.2, 0) is 4.74 Å². The van der Waals surface area contributed by atoms with Crippen LogP contribution in [0.4, 0.5) is 0 Å². The Bertz CT molecular complexity index is 92.1. The van der Waals surface area contributed by atoms with Gasteiger partial charge in [-0.3, -0.25) is 0 Å². The second-order valence-electron chi connectivity index (χ2n) is 2.28. The van der Waals surface area contributed by atoms with Crippen molar-refractivity contribution in [3.8, 4) is 0 Å². The zero-order chi connectivity index (χ0) is 4.85. The number of aliphatic hydroxyl groups is 1. The molecule has 0 amide bonds. The van der Waals surface area contributed by atoms with Crippen LogP contribution >= 0.6 is 0 Å². The standard InChI is InChI=1S/C5H8O2/c6-3-1-2-4-5(3)7-4/h3-6H,1-2H2/t3?,4-,5-/m0/s1. The molecule has 2 heteroatoms. The second kappa shape index (κ2) is 1.01. The molecular formula is C5H8O2. The summed E-state index contributed by atoms with van der Waals surface area (Å²) in [5.41, 5.74) is 0. The number of hydrogen-bond donors (Lipinski definition) is 1. The van der Waals surface area contributed by atoms with Crippen molar-refractivity contribution in [1.29, 1.82) is 0 Å². The van der Waals surface area contributed by atoms with Crippen LogP contribution < -0.4 is 0 Å². The van der Waals surface area contributed by atoms with E-state index in [1.165, 1.54) is 0 Å². The summed E-state index contributed by atoms with van der Waals surface area (Å²) in [6.07, 6.45) is 2.57. The van der Waals surface area contributed by atoms with Crippen LogP contribution in [0.15, 0.2) is 0 Å². The van der Waals surface area contributed by atoms with E-state index in [9.17, 15) is 0 Å². The van der Waals surface area contributed by atoms with Crippen LogP contribution in [0.25, 0.3) is 0 Å². The van der Waals surface area contributed by atoms with Crippen molar-refractivity contribution in [3.63, 3.8) is 0 Å². The molecule has 0 aromatic carbocycles. The Labute approximate surface area is 42.1 Å². The molecule has 0 aromatic rings. The Morgan fingerprint density at radius 3 is 2.43 bits per heavy atom. The van der Waals surface area contributed by atoms with Gasteiger partial charge in [-0.1, -0.05) is 0 Å². The number of aliphatic hydroxyl groups excluding tert-OH is 1. The van der Waals surface area contributed by atoms with E-state index in [0.717, 1.165) is 12.8 Å². The highest BCUT2D eigenvalue weighted by Crippen LogP contribution is 2.38. The van der Waals surface area contributed by atoms with Gasteiger partial charge in [0.05, 0.1) is 12.2 Å². The molecule has 2 aliphatic rings. The van der Waals surface area contributed by atoms with Crippen LogP contribution in [0.5, 0.6) is 0 Å². The number of ether oxygens (including phenoxy) is 1. The van der Waals surface area contributed by atoms with E-state index < -0.39 is 0 Å². The summed E-state index contributed by atoms with van der Waals surface area (Å²) in [5, 5.41) is 8.91. The van der Waals surface area contributed by atoms with Crippen molar-refractivity contribution in [1.82, 2.24) is 0 Å². The van der Waals surface area contributed by atoms with Crippen molar-refractivity contribution in [2.45, 2.75) is 31.2 Å². The summed E-state index contributed by atoms with van der Waals surface area (Å²) in [5.74, 6) is 0. The van der Waals surface area contributed by atoms with Crippen LogP contribution in [-0.4, -0.2) is 23.4 Å². The molecular weight excluding hydrogens is 92.1 g/mol. The predicted molar refractivity (Wildman–Crippen MR) is 23.9 cm³/mol. The van der Waals surface area contributed by atoms with Gasteiger partial charge in [-0.15, -0.1) is 0 Å². The molecule has 2 rings (SSSR count). The lowest BCUT2D eigenvalue weighted by atomic mass is 10.3. The molecule has 1 aliphatic carbocycles. The molecule has 7 heavy (non-hydrogen) atoms. The van der Waals surface area contributed by atoms with Gasteiger partial charge in [0.2, 0.25) is 0 Å². The summed E-state index contributed by atoms with van der Waals surface area (Å²) in [4.78, 5) is 0. The van der Waals surface area contributed by atoms with Crippen molar-refractivity contribution in [3.05, 3.63) is 0 Å². The van der Waals surface area contributed by atoms with Gasteiger partial charge in [0.25, 0.3) is 0 Å². The van der Waals surface area contributed by atoms with E-state index in [-0.39, 0.29) is 12.2 Å². The molecule has 40 valence electrons. The first-order valence-corrected chi connectivity index (χ1v) is 2.71. The number of epoxide rings is 1. The lowest BCUT2D eigenvalue weighted by molar-refractivity contribution is 0.119. The minimum absolute atomic E-state index is 0.134. The first kappa shape index (κ1) is 3.87. The Morgan fingerprint density at radius 1 is 1.43 bits per heavy atom. The molecule has 3 atom stereocenters. The van der Waals surface area contributed by atoms with Crippen LogP contribution in [0.3, 0.4) is 0 Å². The minimum atomic E-state index is -0.134. The van der Waals surface area contributed by atoms with Gasteiger partial charge >= 0.3 is 0 Å². The first-order chi connectivity index (χ1) is 3.38. The Balaban J connectivity index is 2.08. The molecule has 1 unspecified atom stereocenters. The van der Waals surface area contributed by atoms with Gasteiger partial charge in [-0.25, -0.2) is 0 Å². The SMILES string of the molecule is OC1CC[C@@H]2O[C@@H]12. The van der Waals surface area contributed by atoms with Gasteiger partial charge in [0.15, 0.2) is 0 Å². The second-order valence-corrected chi connectivity index (χ2v) is 2.28. The van der Waals surface area contributed by atoms with Gasteiger partial charge in [-0.2, -0.15) is 0 Å². The summed E-state index contributed by atoms with van der Waals surface area (Å²) in [6.45, 7) is 0. The Morgan fingerprint density at radius 2 is 2.29 bits per heavy atom. The monoisotopic (exact) mass is 100 g/mol. The fraction of sp³-hybridized carbons (Fsp3) is 1.00. The largest absolute Gasteiger partial charge is 0.390 e. The average Bonchev–Trinajstić information content (AvgIpc) is 2.33. The third-order valence-corrected chi connectivity index (χ3v) is 1.75. The summed E-state index contributed by atoms with van der Waals surface area (Å²) >= 11 is 0. The van der Waals surface area contributed by atoms with Crippen LogP contribution in [0.1, 0.15) is 12.8 Å². The van der Waals surface area contributed by atoms with E-state index in [1.807, 2.05) is 0 Å². The van der Waals surface area contributed by atoms with E-state index in [4.69, 9.17) is 9.84 Å². The molecule has 0 aromatic heterocycles. The summed E-state index contributed by atoms with van der Waals surface area (Å²) in [6, 6.07) is 0. The van der Waals surface area contributed by atoms with Gasteiger partial charge < -0.3 is 9.84 Å². The highest BCUT2D eigenvalue weighted by molar-refractivity contribution is 4.97.